The van der Waals surface area contributed by atoms with Gasteiger partial charge in [-0.25, -0.2) is 4.99 Å². The van der Waals surface area contributed by atoms with E-state index in [1.165, 1.54) is 25.3 Å². The van der Waals surface area contributed by atoms with E-state index in [2.05, 4.69) is 27.5 Å². The molecule has 4 nitrogen and oxygen atoms in total. The number of hydrogen-bond acceptors (Lipinski definition) is 4. The van der Waals surface area contributed by atoms with Gasteiger partial charge in [0.15, 0.2) is 0 Å². The summed E-state index contributed by atoms with van der Waals surface area (Å²) in [7, 11) is 1.48. The Hall–Kier alpha value is -2.85. The lowest BCUT2D eigenvalue weighted by Crippen LogP contribution is -2.45. The van der Waals surface area contributed by atoms with Crippen LogP contribution in [0.15, 0.2) is 47.5 Å². The molecule has 1 aliphatic carbocycles. The van der Waals surface area contributed by atoms with Crippen LogP contribution in [0, 0.1) is 17.8 Å². The van der Waals surface area contributed by atoms with Crippen LogP contribution in [0.1, 0.15) is 18.4 Å². The summed E-state index contributed by atoms with van der Waals surface area (Å²) >= 11 is 6.01. The molecule has 1 aliphatic heterocycles. The van der Waals surface area contributed by atoms with Crippen molar-refractivity contribution in [1.82, 2.24) is 0 Å². The van der Waals surface area contributed by atoms with Crippen LogP contribution in [0.3, 0.4) is 0 Å². The fourth-order valence-corrected chi connectivity index (χ4v) is 3.23. The summed E-state index contributed by atoms with van der Waals surface area (Å²) in [4.78, 5) is 4.02. The Labute approximate surface area is 171 Å². The van der Waals surface area contributed by atoms with Crippen molar-refractivity contribution in [2.75, 3.05) is 17.7 Å². The molecular weight excluding hydrogens is 403 g/mol. The molecule has 0 amide bonds. The largest absolute Gasteiger partial charge is 0.495 e. The van der Waals surface area contributed by atoms with Crippen LogP contribution >= 0.6 is 11.6 Å². The molecule has 0 radical (unpaired) electrons. The number of benzene rings is 2. The van der Waals surface area contributed by atoms with E-state index in [1.807, 2.05) is 0 Å². The Kier molecular flexibility index (Phi) is 4.83. The molecule has 0 aromatic heterocycles. The molecule has 0 bridgehead atoms. The number of fused-ring (bicyclic) bond motifs is 1. The lowest BCUT2D eigenvalue weighted by molar-refractivity contribution is -0.170. The third-order valence-corrected chi connectivity index (χ3v) is 4.94. The zero-order valence-electron chi connectivity index (χ0n) is 15.4. The van der Waals surface area contributed by atoms with E-state index in [9.17, 15) is 13.2 Å². The van der Waals surface area contributed by atoms with Gasteiger partial charge in [0, 0.05) is 22.2 Å². The first-order valence-corrected chi connectivity index (χ1v) is 9.36. The lowest BCUT2D eigenvalue weighted by atomic mass is 9.87. The van der Waals surface area contributed by atoms with Gasteiger partial charge in [0.1, 0.15) is 5.75 Å². The minimum atomic E-state index is -4.75. The van der Waals surface area contributed by atoms with Crippen LogP contribution < -0.4 is 15.4 Å². The zero-order chi connectivity index (χ0) is 20.6. The normalized spacial score (nSPS) is 20.5. The monoisotopic (exact) mass is 419 g/mol. The highest BCUT2D eigenvalue weighted by Gasteiger charge is 2.58. The minimum Gasteiger partial charge on any atom is -0.495 e. The Morgan fingerprint density at radius 3 is 2.69 bits per heavy atom. The number of anilines is 2. The van der Waals surface area contributed by atoms with E-state index in [-0.39, 0.29) is 28.2 Å². The lowest BCUT2D eigenvalue weighted by Gasteiger charge is -2.34. The number of nitrogens with one attached hydrogen (secondary N) is 2. The summed E-state index contributed by atoms with van der Waals surface area (Å²) in [6, 6.07) is 11.2. The number of nitrogens with zero attached hydrogens (tertiary/aromatic N) is 1. The summed E-state index contributed by atoms with van der Waals surface area (Å²) in [5.74, 6) is 5.55. The molecule has 1 heterocycles. The van der Waals surface area contributed by atoms with E-state index < -0.39 is 11.7 Å². The van der Waals surface area contributed by atoms with Crippen molar-refractivity contribution in [2.45, 2.75) is 24.6 Å². The molecule has 2 aromatic rings. The highest BCUT2D eigenvalue weighted by Crippen LogP contribution is 2.48. The van der Waals surface area contributed by atoms with E-state index in [0.717, 1.165) is 12.8 Å². The predicted octanol–water partition coefficient (Wildman–Crippen LogP) is 5.41. The van der Waals surface area contributed by atoms with Gasteiger partial charge in [0.25, 0.3) is 0 Å². The molecule has 1 fully saturated rings. The van der Waals surface area contributed by atoms with Gasteiger partial charge in [0.2, 0.25) is 11.5 Å². The van der Waals surface area contributed by atoms with Crippen LogP contribution in [0.4, 0.5) is 24.5 Å². The number of alkyl halides is 3. The van der Waals surface area contributed by atoms with Gasteiger partial charge in [0.05, 0.1) is 12.8 Å². The first kappa shape index (κ1) is 19.5. The first-order valence-electron chi connectivity index (χ1n) is 8.99. The summed E-state index contributed by atoms with van der Waals surface area (Å²) in [5.41, 5.74) is -2.11. The molecule has 150 valence electrons. The molecule has 0 saturated heterocycles. The quantitative estimate of drug-likeness (QED) is 0.639. The van der Waals surface area contributed by atoms with Crippen LogP contribution in [0.2, 0.25) is 5.02 Å². The molecule has 2 aromatic carbocycles. The summed E-state index contributed by atoms with van der Waals surface area (Å²) in [6.45, 7) is 0. The van der Waals surface area contributed by atoms with Crippen molar-refractivity contribution in [1.29, 1.82) is 0 Å². The van der Waals surface area contributed by atoms with Gasteiger partial charge in [-0.1, -0.05) is 35.6 Å². The van der Waals surface area contributed by atoms with Crippen molar-refractivity contribution in [3.63, 3.8) is 0 Å². The summed E-state index contributed by atoms with van der Waals surface area (Å²) in [5, 5.41) is 5.99. The number of guanidine groups is 1. The van der Waals surface area contributed by atoms with Crippen molar-refractivity contribution in [3.05, 3.63) is 53.1 Å². The van der Waals surface area contributed by atoms with Gasteiger partial charge in [-0.3, -0.25) is 0 Å². The highest BCUT2D eigenvalue weighted by molar-refractivity contribution is 6.30. The number of ether oxygens (including phenoxy) is 1. The average Bonchev–Trinajstić information content (AvgIpc) is 3.50. The number of aliphatic imine (C=N–C) groups is 1. The van der Waals surface area contributed by atoms with E-state index in [0.29, 0.717) is 11.4 Å². The molecule has 8 heteroatoms. The minimum absolute atomic E-state index is 0.0208. The highest BCUT2D eigenvalue weighted by atomic mass is 35.5. The average molecular weight is 420 g/mol. The molecule has 1 atom stereocenters. The summed E-state index contributed by atoms with van der Waals surface area (Å²) in [6.07, 6.45) is -3.14. The third kappa shape index (κ3) is 3.73. The van der Waals surface area contributed by atoms with Crippen LogP contribution in [-0.2, 0) is 5.54 Å². The number of rotatable bonds is 2. The van der Waals surface area contributed by atoms with Crippen molar-refractivity contribution in [3.8, 4) is 17.6 Å². The fourth-order valence-electron chi connectivity index (χ4n) is 3.06. The van der Waals surface area contributed by atoms with E-state index >= 15 is 0 Å². The topological polar surface area (TPSA) is 45.6 Å². The van der Waals surface area contributed by atoms with E-state index in [4.69, 9.17) is 16.3 Å². The Morgan fingerprint density at radius 2 is 2.00 bits per heavy atom. The number of methoxy groups -OCH3 is 1. The maximum absolute atomic E-state index is 14.4. The van der Waals surface area contributed by atoms with Gasteiger partial charge in [-0.2, -0.15) is 13.2 Å². The number of hydrogen-bond donors (Lipinski definition) is 2. The Morgan fingerprint density at radius 1 is 1.24 bits per heavy atom. The zero-order valence-corrected chi connectivity index (χ0v) is 16.2. The number of halogens is 4. The van der Waals surface area contributed by atoms with Crippen LogP contribution in [0.25, 0.3) is 0 Å². The SMILES string of the molecule is COc1ccccc1NC1=NC(C#CC2CC2)(C(F)(F)F)c2cc(Cl)ccc2N1. The molecular formula is C21H17ClF3N3O. The van der Waals surface area contributed by atoms with Gasteiger partial charge >= 0.3 is 6.18 Å². The molecule has 0 spiro atoms. The van der Waals surface area contributed by atoms with Gasteiger partial charge < -0.3 is 15.4 Å². The van der Waals surface area contributed by atoms with Crippen LogP contribution in [0.5, 0.6) is 5.75 Å². The second-order valence-corrected chi connectivity index (χ2v) is 7.29. The smallest absolute Gasteiger partial charge is 0.429 e. The van der Waals surface area contributed by atoms with E-state index in [1.54, 1.807) is 24.3 Å². The molecule has 29 heavy (non-hydrogen) atoms. The second kappa shape index (κ2) is 7.20. The van der Waals surface area contributed by atoms with Crippen LogP contribution in [-0.4, -0.2) is 19.2 Å². The maximum atomic E-state index is 14.4. The first-order chi connectivity index (χ1) is 13.8. The Balaban J connectivity index is 1.86. The molecule has 2 aliphatic rings. The standard InChI is InChI=1S/C21H17ClF3N3O/c1-29-18-5-3-2-4-17(18)27-19-26-16-9-8-14(22)12-15(16)20(28-19,21(23,24)25)11-10-13-6-7-13/h2-5,8-9,12-13H,6-7H2,1H3,(H2,26,27,28). The summed E-state index contributed by atoms with van der Waals surface area (Å²) < 4.78 is 48.5. The van der Waals surface area contributed by atoms with Gasteiger partial charge in [-0.15, -0.1) is 0 Å². The fraction of sp³-hybridized carbons (Fsp3) is 0.286. The molecule has 1 unspecified atom stereocenters. The van der Waals surface area contributed by atoms with Crippen molar-refractivity contribution >= 4 is 28.9 Å². The second-order valence-electron chi connectivity index (χ2n) is 6.85. The molecule has 2 N–H and O–H groups in total. The number of para-hydroxylation sites is 2. The Bertz CT molecular complexity index is 1040. The maximum Gasteiger partial charge on any atom is 0.429 e. The van der Waals surface area contributed by atoms with Crippen molar-refractivity contribution in [2.24, 2.45) is 10.9 Å². The van der Waals surface area contributed by atoms with Crippen molar-refractivity contribution < 1.29 is 17.9 Å². The molecule has 4 rings (SSSR count). The third-order valence-electron chi connectivity index (χ3n) is 4.71. The predicted molar refractivity (Wildman–Crippen MR) is 107 cm³/mol. The molecule has 1 saturated carbocycles. The van der Waals surface area contributed by atoms with Gasteiger partial charge in [-0.05, 0) is 43.2 Å².